The van der Waals surface area contributed by atoms with Crippen LogP contribution in [0.5, 0.6) is 5.75 Å². The standard InChI is InChI=1S/C15H17N3OS/c19-14-4-2-1-3-12(14)9-16-18-15(20)17-13-8-10-5-6-11(13)7-10/h1-6,9-11,13,19H,7-8H2,(H2,17,18,20)/b16-9-/t10-,11+,13+/m1/s1. The Morgan fingerprint density at radius 1 is 1.30 bits per heavy atom. The molecule has 1 aromatic rings. The van der Waals surface area contributed by atoms with E-state index in [2.05, 4.69) is 28.0 Å². The highest BCUT2D eigenvalue weighted by Gasteiger charge is 2.35. The molecular formula is C15H17N3OS. The largest absolute Gasteiger partial charge is 0.507 e. The molecule has 104 valence electrons. The van der Waals surface area contributed by atoms with E-state index >= 15 is 0 Å². The smallest absolute Gasteiger partial charge is 0.187 e. The number of phenols is 1. The average Bonchev–Trinajstić information content (AvgIpc) is 3.03. The third-order valence-electron chi connectivity index (χ3n) is 3.90. The van der Waals surface area contributed by atoms with Crippen molar-refractivity contribution < 1.29 is 5.11 Å². The number of hydrogen-bond acceptors (Lipinski definition) is 3. The number of nitrogens with zero attached hydrogens (tertiary/aromatic N) is 1. The van der Waals surface area contributed by atoms with Gasteiger partial charge in [0.25, 0.3) is 0 Å². The van der Waals surface area contributed by atoms with E-state index in [1.165, 1.54) is 6.42 Å². The highest BCUT2D eigenvalue weighted by Crippen LogP contribution is 2.38. The van der Waals surface area contributed by atoms with Crippen LogP contribution in [0, 0.1) is 11.8 Å². The zero-order chi connectivity index (χ0) is 13.9. The predicted molar refractivity (Wildman–Crippen MR) is 83.7 cm³/mol. The Labute approximate surface area is 123 Å². The van der Waals surface area contributed by atoms with Crippen molar-refractivity contribution in [2.45, 2.75) is 18.9 Å². The lowest BCUT2D eigenvalue weighted by atomic mass is 10.0. The number of fused-ring (bicyclic) bond motifs is 2. The van der Waals surface area contributed by atoms with Crippen molar-refractivity contribution in [2.24, 2.45) is 16.9 Å². The Morgan fingerprint density at radius 3 is 2.85 bits per heavy atom. The second-order valence-electron chi connectivity index (χ2n) is 5.29. The third kappa shape index (κ3) is 2.82. The molecule has 3 atom stereocenters. The molecule has 3 N–H and O–H groups in total. The zero-order valence-corrected chi connectivity index (χ0v) is 11.8. The molecule has 0 spiro atoms. The van der Waals surface area contributed by atoms with Gasteiger partial charge in [-0.25, -0.2) is 0 Å². The summed E-state index contributed by atoms with van der Waals surface area (Å²) < 4.78 is 0. The molecule has 0 heterocycles. The van der Waals surface area contributed by atoms with Crippen molar-refractivity contribution in [1.29, 1.82) is 0 Å². The van der Waals surface area contributed by atoms with E-state index in [4.69, 9.17) is 12.2 Å². The van der Waals surface area contributed by atoms with Gasteiger partial charge in [0.15, 0.2) is 5.11 Å². The molecule has 1 fully saturated rings. The number of hydrazone groups is 1. The second-order valence-corrected chi connectivity index (χ2v) is 5.70. The number of aromatic hydroxyl groups is 1. The van der Waals surface area contributed by atoms with Crippen LogP contribution in [0.1, 0.15) is 18.4 Å². The lowest BCUT2D eigenvalue weighted by Crippen LogP contribution is -2.42. The van der Waals surface area contributed by atoms with Crippen molar-refractivity contribution >= 4 is 23.5 Å². The number of rotatable bonds is 3. The molecule has 1 saturated carbocycles. The Morgan fingerprint density at radius 2 is 2.15 bits per heavy atom. The molecule has 0 saturated heterocycles. The number of hydrogen-bond donors (Lipinski definition) is 3. The highest BCUT2D eigenvalue weighted by molar-refractivity contribution is 7.80. The summed E-state index contributed by atoms with van der Waals surface area (Å²) in [5, 5.41) is 17.5. The molecule has 2 bridgehead atoms. The highest BCUT2D eigenvalue weighted by atomic mass is 32.1. The number of benzene rings is 1. The van der Waals surface area contributed by atoms with Crippen LogP contribution in [0.2, 0.25) is 0 Å². The lowest BCUT2D eigenvalue weighted by molar-refractivity contribution is 0.474. The van der Waals surface area contributed by atoms with Gasteiger partial charge in [-0.1, -0.05) is 24.3 Å². The van der Waals surface area contributed by atoms with Gasteiger partial charge in [0.2, 0.25) is 0 Å². The molecule has 2 aliphatic rings. The average molecular weight is 287 g/mol. The number of thiocarbonyl (C=S) groups is 1. The fourth-order valence-corrected chi connectivity index (χ4v) is 3.11. The van der Waals surface area contributed by atoms with Crippen LogP contribution in [0.3, 0.4) is 0 Å². The molecule has 20 heavy (non-hydrogen) atoms. The minimum absolute atomic E-state index is 0.204. The molecule has 3 rings (SSSR count). The maximum atomic E-state index is 9.60. The summed E-state index contributed by atoms with van der Waals surface area (Å²) in [6.45, 7) is 0. The van der Waals surface area contributed by atoms with Gasteiger partial charge in [0.05, 0.1) is 6.21 Å². The molecule has 0 aliphatic heterocycles. The molecule has 0 amide bonds. The number of phenolic OH excluding ortho intramolecular Hbond substituents is 1. The topological polar surface area (TPSA) is 56.7 Å². The molecule has 0 radical (unpaired) electrons. The Kier molecular flexibility index (Phi) is 3.69. The summed E-state index contributed by atoms with van der Waals surface area (Å²) in [7, 11) is 0. The van der Waals surface area contributed by atoms with Crippen molar-refractivity contribution in [2.75, 3.05) is 0 Å². The SMILES string of the molecule is Oc1ccccc1/C=N\NC(=S)N[C@H]1C[C@@H]2C=C[C@H]1C2. The number of allylic oxidation sites excluding steroid dienone is 1. The van der Waals surface area contributed by atoms with Crippen LogP contribution in [0.25, 0.3) is 0 Å². The van der Waals surface area contributed by atoms with E-state index in [1.54, 1.807) is 24.4 Å². The summed E-state index contributed by atoms with van der Waals surface area (Å²) >= 11 is 5.23. The van der Waals surface area contributed by atoms with E-state index in [1.807, 2.05) is 6.07 Å². The fourth-order valence-electron chi connectivity index (χ4n) is 2.90. The van der Waals surface area contributed by atoms with Gasteiger partial charge in [-0.3, -0.25) is 5.43 Å². The summed E-state index contributed by atoms with van der Waals surface area (Å²) in [5.41, 5.74) is 3.46. The van der Waals surface area contributed by atoms with Crippen molar-refractivity contribution in [3.8, 4) is 5.75 Å². The summed E-state index contributed by atoms with van der Waals surface area (Å²) in [4.78, 5) is 0. The summed E-state index contributed by atoms with van der Waals surface area (Å²) in [5.74, 6) is 1.52. The maximum Gasteiger partial charge on any atom is 0.187 e. The van der Waals surface area contributed by atoms with Crippen LogP contribution < -0.4 is 10.7 Å². The van der Waals surface area contributed by atoms with Gasteiger partial charge in [0.1, 0.15) is 5.75 Å². The van der Waals surface area contributed by atoms with Gasteiger partial charge in [-0.15, -0.1) is 0 Å². The maximum absolute atomic E-state index is 9.60. The first-order valence-corrected chi connectivity index (χ1v) is 7.19. The molecular weight excluding hydrogens is 270 g/mol. The van der Waals surface area contributed by atoms with Crippen molar-refractivity contribution in [3.63, 3.8) is 0 Å². The Bertz CT molecular complexity index is 570. The minimum atomic E-state index is 0.204. The first-order chi connectivity index (χ1) is 9.72. The second kappa shape index (κ2) is 5.63. The predicted octanol–water partition coefficient (Wildman–Crippen LogP) is 2.15. The molecule has 0 unspecified atom stereocenters. The van der Waals surface area contributed by atoms with Crippen molar-refractivity contribution in [3.05, 3.63) is 42.0 Å². The molecule has 5 heteroatoms. The molecule has 0 aromatic heterocycles. The first kappa shape index (κ1) is 13.1. The van der Waals surface area contributed by atoms with E-state index < -0.39 is 0 Å². The third-order valence-corrected chi connectivity index (χ3v) is 4.11. The molecule has 1 aromatic carbocycles. The van der Waals surface area contributed by atoms with Crippen LogP contribution in [0.4, 0.5) is 0 Å². The molecule has 2 aliphatic carbocycles. The monoisotopic (exact) mass is 287 g/mol. The first-order valence-electron chi connectivity index (χ1n) is 6.78. The summed E-state index contributed by atoms with van der Waals surface area (Å²) in [6, 6.07) is 7.45. The van der Waals surface area contributed by atoms with Crippen molar-refractivity contribution in [1.82, 2.24) is 10.7 Å². The van der Waals surface area contributed by atoms with Gasteiger partial charge in [0, 0.05) is 11.6 Å². The van der Waals surface area contributed by atoms with Crippen LogP contribution in [-0.4, -0.2) is 22.5 Å². The fraction of sp³-hybridized carbons (Fsp3) is 0.333. The Balaban J connectivity index is 1.50. The lowest BCUT2D eigenvalue weighted by Gasteiger charge is -2.20. The van der Waals surface area contributed by atoms with Crippen LogP contribution >= 0.6 is 12.2 Å². The van der Waals surface area contributed by atoms with Crippen LogP contribution in [0.15, 0.2) is 41.5 Å². The van der Waals surface area contributed by atoms with Gasteiger partial charge in [-0.2, -0.15) is 5.10 Å². The van der Waals surface area contributed by atoms with E-state index in [0.717, 1.165) is 6.42 Å². The number of nitrogens with one attached hydrogen (secondary N) is 2. The van der Waals surface area contributed by atoms with Gasteiger partial charge >= 0.3 is 0 Å². The molecule has 4 nitrogen and oxygen atoms in total. The normalized spacial score (nSPS) is 27.1. The minimum Gasteiger partial charge on any atom is -0.507 e. The van der Waals surface area contributed by atoms with Gasteiger partial charge < -0.3 is 10.4 Å². The van der Waals surface area contributed by atoms with Crippen LogP contribution in [-0.2, 0) is 0 Å². The number of para-hydroxylation sites is 1. The summed E-state index contributed by atoms with van der Waals surface area (Å²) in [6.07, 6.45) is 8.52. The Hall–Kier alpha value is -1.88. The van der Waals surface area contributed by atoms with E-state index in [9.17, 15) is 5.11 Å². The van der Waals surface area contributed by atoms with Gasteiger partial charge in [-0.05, 0) is 49.0 Å². The van der Waals surface area contributed by atoms with E-state index in [-0.39, 0.29) is 5.75 Å². The quantitative estimate of drug-likeness (QED) is 0.345. The zero-order valence-electron chi connectivity index (χ0n) is 11.0. The van der Waals surface area contributed by atoms with E-state index in [0.29, 0.717) is 28.6 Å².